The van der Waals surface area contributed by atoms with E-state index in [9.17, 15) is 8.42 Å². The van der Waals surface area contributed by atoms with Crippen LogP contribution in [0.5, 0.6) is 0 Å². The van der Waals surface area contributed by atoms with Crippen LogP contribution in [0.15, 0.2) is 71.9 Å². The monoisotopic (exact) mass is 404 g/mol. The third kappa shape index (κ3) is 3.70. The van der Waals surface area contributed by atoms with Crippen molar-refractivity contribution in [3.8, 4) is 33.5 Å². The third-order valence-corrected chi connectivity index (χ3v) is 5.80. The molecule has 2 heterocycles. The number of nitrogens with zero attached hydrogens (tertiary/aromatic N) is 2. The van der Waals surface area contributed by atoms with Crippen LogP contribution in [0.3, 0.4) is 0 Å². The second kappa shape index (κ2) is 7.27. The molecular formula is C22H20N4O2S. The first-order valence-electron chi connectivity index (χ1n) is 9.04. The van der Waals surface area contributed by atoms with E-state index in [1.165, 1.54) is 6.07 Å². The van der Waals surface area contributed by atoms with Gasteiger partial charge < -0.3 is 0 Å². The van der Waals surface area contributed by atoms with E-state index >= 15 is 0 Å². The molecule has 0 amide bonds. The Morgan fingerprint density at radius 1 is 0.897 bits per heavy atom. The summed E-state index contributed by atoms with van der Waals surface area (Å²) in [5.41, 5.74) is 7.67. The van der Waals surface area contributed by atoms with Gasteiger partial charge in [-0.3, -0.25) is 10.1 Å². The van der Waals surface area contributed by atoms with Gasteiger partial charge in [0.05, 0.1) is 4.90 Å². The number of sulfonamides is 1. The van der Waals surface area contributed by atoms with Gasteiger partial charge in [-0.2, -0.15) is 5.10 Å². The number of hydrogen-bond acceptors (Lipinski definition) is 4. The summed E-state index contributed by atoms with van der Waals surface area (Å²) in [5.74, 6) is 0. The Balaban J connectivity index is 1.80. The van der Waals surface area contributed by atoms with E-state index in [2.05, 4.69) is 21.2 Å². The molecule has 0 saturated carbocycles. The number of aromatic amines is 1. The van der Waals surface area contributed by atoms with Gasteiger partial charge in [-0.05, 0) is 60.4 Å². The van der Waals surface area contributed by atoms with E-state index in [0.717, 1.165) is 44.8 Å². The van der Waals surface area contributed by atoms with Crippen molar-refractivity contribution >= 4 is 10.0 Å². The topological polar surface area (TPSA) is 102 Å². The van der Waals surface area contributed by atoms with Crippen LogP contribution in [0.1, 0.15) is 11.3 Å². The number of primary sulfonamides is 1. The van der Waals surface area contributed by atoms with Crippen molar-refractivity contribution in [3.63, 3.8) is 0 Å². The van der Waals surface area contributed by atoms with Crippen molar-refractivity contribution in [2.75, 3.05) is 0 Å². The van der Waals surface area contributed by atoms with Crippen LogP contribution in [-0.2, 0) is 10.0 Å². The zero-order valence-electron chi connectivity index (χ0n) is 16.0. The van der Waals surface area contributed by atoms with Crippen LogP contribution in [0.4, 0.5) is 0 Å². The molecule has 4 aromatic rings. The second-order valence-corrected chi connectivity index (χ2v) is 8.47. The molecule has 0 aliphatic carbocycles. The molecule has 0 unspecified atom stereocenters. The van der Waals surface area contributed by atoms with Gasteiger partial charge in [-0.15, -0.1) is 0 Å². The minimum absolute atomic E-state index is 0.101. The molecule has 146 valence electrons. The average Bonchev–Trinajstić information content (AvgIpc) is 3.09. The largest absolute Gasteiger partial charge is 0.282 e. The summed E-state index contributed by atoms with van der Waals surface area (Å²) >= 11 is 0. The highest BCUT2D eigenvalue weighted by Crippen LogP contribution is 2.35. The molecule has 3 N–H and O–H groups in total. The summed E-state index contributed by atoms with van der Waals surface area (Å²) in [6, 6.07) is 16.6. The molecular weight excluding hydrogens is 384 g/mol. The first-order chi connectivity index (χ1) is 13.8. The van der Waals surface area contributed by atoms with Gasteiger partial charge in [0.2, 0.25) is 10.0 Å². The highest BCUT2D eigenvalue weighted by molar-refractivity contribution is 7.89. The number of H-pyrrole nitrogens is 1. The molecule has 29 heavy (non-hydrogen) atoms. The van der Waals surface area contributed by atoms with E-state index in [1.807, 2.05) is 44.2 Å². The number of benzene rings is 2. The van der Waals surface area contributed by atoms with Gasteiger partial charge in [0.25, 0.3) is 0 Å². The van der Waals surface area contributed by atoms with E-state index < -0.39 is 10.0 Å². The zero-order valence-corrected chi connectivity index (χ0v) is 16.9. The fraction of sp³-hybridized carbons (Fsp3) is 0.0909. The molecule has 0 atom stereocenters. The second-order valence-electron chi connectivity index (χ2n) is 6.91. The summed E-state index contributed by atoms with van der Waals surface area (Å²) in [6.45, 7) is 4.00. The zero-order chi connectivity index (χ0) is 20.6. The van der Waals surface area contributed by atoms with E-state index in [-0.39, 0.29) is 4.90 Å². The Labute approximate surface area is 169 Å². The van der Waals surface area contributed by atoms with Crippen molar-refractivity contribution in [1.82, 2.24) is 15.2 Å². The molecule has 0 radical (unpaired) electrons. The normalized spacial score (nSPS) is 11.6. The first kappa shape index (κ1) is 19.0. The summed E-state index contributed by atoms with van der Waals surface area (Å²) < 4.78 is 23.4. The number of rotatable bonds is 4. The lowest BCUT2D eigenvalue weighted by atomic mass is 9.94. The van der Waals surface area contributed by atoms with Gasteiger partial charge in [0, 0.05) is 29.2 Å². The predicted molar refractivity (Wildman–Crippen MR) is 114 cm³/mol. The molecule has 2 aromatic carbocycles. The Morgan fingerprint density at radius 3 is 2.34 bits per heavy atom. The van der Waals surface area contributed by atoms with Crippen molar-refractivity contribution in [2.45, 2.75) is 18.7 Å². The Hall–Kier alpha value is -3.29. The molecule has 0 aliphatic rings. The van der Waals surface area contributed by atoms with Crippen molar-refractivity contribution in [1.29, 1.82) is 0 Å². The number of nitrogens with one attached hydrogen (secondary N) is 1. The van der Waals surface area contributed by atoms with Crippen molar-refractivity contribution in [2.24, 2.45) is 5.14 Å². The van der Waals surface area contributed by atoms with E-state index in [4.69, 9.17) is 5.14 Å². The number of aromatic nitrogens is 3. The molecule has 0 spiro atoms. The van der Waals surface area contributed by atoms with Gasteiger partial charge in [0.1, 0.15) is 5.69 Å². The van der Waals surface area contributed by atoms with Crippen LogP contribution in [0.2, 0.25) is 0 Å². The van der Waals surface area contributed by atoms with Crippen LogP contribution in [-0.4, -0.2) is 23.6 Å². The number of aryl methyl sites for hydroxylation is 2. The maximum absolute atomic E-state index is 11.7. The minimum atomic E-state index is -3.75. The summed E-state index contributed by atoms with van der Waals surface area (Å²) in [4.78, 5) is 4.18. The maximum Gasteiger partial charge on any atom is 0.238 e. The molecule has 7 heteroatoms. The quantitative estimate of drug-likeness (QED) is 0.535. The lowest BCUT2D eigenvalue weighted by Crippen LogP contribution is -2.11. The van der Waals surface area contributed by atoms with E-state index in [0.29, 0.717) is 0 Å². The highest BCUT2D eigenvalue weighted by atomic mass is 32.2. The summed E-state index contributed by atoms with van der Waals surface area (Å²) in [6.07, 6.45) is 3.49. The van der Waals surface area contributed by atoms with Crippen LogP contribution in [0.25, 0.3) is 33.5 Å². The highest BCUT2D eigenvalue weighted by Gasteiger charge is 2.16. The Bertz CT molecular complexity index is 1300. The Kier molecular flexibility index (Phi) is 4.77. The smallest absolute Gasteiger partial charge is 0.238 e. The van der Waals surface area contributed by atoms with Crippen LogP contribution >= 0.6 is 0 Å². The third-order valence-electron chi connectivity index (χ3n) is 4.89. The SMILES string of the molecule is Cc1cc(-c2c(-c3ccncc3)n[nH]c2C)ccc1-c1cccc(S(N)(=O)=O)c1. The molecule has 0 aliphatic heterocycles. The molecule has 4 rings (SSSR count). The lowest BCUT2D eigenvalue weighted by molar-refractivity contribution is 0.598. The fourth-order valence-corrected chi connectivity index (χ4v) is 4.04. The Morgan fingerprint density at radius 2 is 1.66 bits per heavy atom. The molecule has 6 nitrogen and oxygen atoms in total. The van der Waals surface area contributed by atoms with Gasteiger partial charge in [0.15, 0.2) is 0 Å². The standard InChI is InChI=1S/C22H20N4O2S/c1-14-12-18(21-15(2)25-26-22(21)16-8-10-24-11-9-16)6-7-20(14)17-4-3-5-19(13-17)29(23,27)28/h3-13H,1-2H3,(H,25,26)(H2,23,27,28). The molecule has 0 saturated heterocycles. The van der Waals surface area contributed by atoms with E-state index in [1.54, 1.807) is 24.5 Å². The summed E-state index contributed by atoms with van der Waals surface area (Å²) in [7, 11) is -3.75. The van der Waals surface area contributed by atoms with Crippen molar-refractivity contribution in [3.05, 3.63) is 78.2 Å². The van der Waals surface area contributed by atoms with Crippen LogP contribution in [0, 0.1) is 13.8 Å². The maximum atomic E-state index is 11.7. The van der Waals surface area contributed by atoms with Gasteiger partial charge >= 0.3 is 0 Å². The molecule has 0 bridgehead atoms. The number of nitrogens with two attached hydrogens (primary N) is 1. The van der Waals surface area contributed by atoms with Gasteiger partial charge in [-0.1, -0.05) is 30.3 Å². The number of hydrogen-bond donors (Lipinski definition) is 2. The van der Waals surface area contributed by atoms with Crippen molar-refractivity contribution < 1.29 is 8.42 Å². The predicted octanol–water partition coefficient (Wildman–Crippen LogP) is 4.07. The summed E-state index contributed by atoms with van der Waals surface area (Å²) in [5, 5.41) is 12.8. The fourth-order valence-electron chi connectivity index (χ4n) is 3.48. The average molecular weight is 404 g/mol. The van der Waals surface area contributed by atoms with Crippen LogP contribution < -0.4 is 5.14 Å². The first-order valence-corrected chi connectivity index (χ1v) is 10.6. The molecule has 2 aromatic heterocycles. The lowest BCUT2D eigenvalue weighted by Gasteiger charge is -2.11. The number of pyridine rings is 1. The minimum Gasteiger partial charge on any atom is -0.282 e. The molecule has 0 fully saturated rings. The van der Waals surface area contributed by atoms with Gasteiger partial charge in [-0.25, -0.2) is 13.6 Å².